The lowest BCUT2D eigenvalue weighted by atomic mass is 10.4. The molecule has 0 aliphatic carbocycles. The Bertz CT molecular complexity index is 264. The smallest absolute Gasteiger partial charge is 0.169 e. The second kappa shape index (κ2) is 3.43. The van der Waals surface area contributed by atoms with Crippen molar-refractivity contribution >= 4 is 44.8 Å². The van der Waals surface area contributed by atoms with Gasteiger partial charge in [0.25, 0.3) is 0 Å². The molecule has 0 aliphatic rings. The van der Waals surface area contributed by atoms with Crippen LogP contribution in [0.3, 0.4) is 0 Å². The van der Waals surface area contributed by atoms with Crippen molar-refractivity contribution in [3.8, 4) is 0 Å². The van der Waals surface area contributed by atoms with Crippen LogP contribution in [-0.4, -0.2) is 11.3 Å². The number of aromatic nitrogens is 1. The molecule has 0 radical (unpaired) electrons. The van der Waals surface area contributed by atoms with Crippen LogP contribution in [0.4, 0.5) is 0 Å². The Morgan fingerprint density at radius 2 is 2.30 bits per heavy atom. The molecule has 1 aromatic rings. The Morgan fingerprint density at radius 3 is 2.80 bits per heavy atom. The van der Waals surface area contributed by atoms with Gasteiger partial charge in [0.2, 0.25) is 0 Å². The largest absolute Gasteiger partial charge is 0.296 e. The van der Waals surface area contributed by atoms with E-state index in [0.717, 1.165) is 14.5 Å². The number of nitrogens with zero attached hydrogens (tertiary/aromatic N) is 1. The molecule has 2 nitrogen and oxygen atoms in total. The summed E-state index contributed by atoms with van der Waals surface area (Å²) >= 11 is 5.25. The first-order chi connectivity index (χ1) is 4.74. The monoisotopic (exact) mass is 311 g/mol. The Morgan fingerprint density at radius 1 is 1.60 bits per heavy atom. The minimum atomic E-state index is 0.451. The molecule has 0 fully saturated rings. The van der Waals surface area contributed by atoms with Gasteiger partial charge >= 0.3 is 0 Å². The van der Waals surface area contributed by atoms with Gasteiger partial charge < -0.3 is 0 Å². The molecule has 1 heterocycles. The number of aldehydes is 1. The molecule has 0 bridgehead atoms. The molecule has 0 aromatic carbocycles. The first-order valence-corrected chi connectivity index (χ1v) is 4.38. The summed E-state index contributed by atoms with van der Waals surface area (Å²) in [4.78, 5) is 14.2. The molecule has 10 heavy (non-hydrogen) atoms. The number of carbonyl (C=O) groups excluding carboxylic acids is 1. The van der Waals surface area contributed by atoms with Crippen molar-refractivity contribution in [3.63, 3.8) is 0 Å². The van der Waals surface area contributed by atoms with E-state index in [2.05, 4.69) is 43.5 Å². The van der Waals surface area contributed by atoms with Crippen molar-refractivity contribution in [1.29, 1.82) is 0 Å². The van der Waals surface area contributed by atoms with E-state index in [1.807, 2.05) is 6.07 Å². The Balaban J connectivity index is 3.21. The third kappa shape index (κ3) is 1.76. The van der Waals surface area contributed by atoms with Gasteiger partial charge in [0.15, 0.2) is 6.29 Å². The topological polar surface area (TPSA) is 30.0 Å². The number of halogens is 2. The standard InChI is InChI=1S/C6H3BrINO/c7-4-1-2-6(8)9-5(4)3-10/h1-3H. The summed E-state index contributed by atoms with van der Waals surface area (Å²) in [6.07, 6.45) is 0.728. The maximum absolute atomic E-state index is 10.3. The maximum atomic E-state index is 10.3. The molecule has 0 unspecified atom stereocenters. The molecule has 0 saturated heterocycles. The van der Waals surface area contributed by atoms with E-state index in [1.165, 1.54) is 0 Å². The highest BCUT2D eigenvalue weighted by Crippen LogP contribution is 2.13. The quantitative estimate of drug-likeness (QED) is 0.452. The average Bonchev–Trinajstić information content (AvgIpc) is 1.94. The molecule has 1 rings (SSSR count). The van der Waals surface area contributed by atoms with Gasteiger partial charge in [0.1, 0.15) is 9.39 Å². The summed E-state index contributed by atoms with van der Waals surface area (Å²) < 4.78 is 1.56. The molecule has 0 N–H and O–H groups in total. The van der Waals surface area contributed by atoms with Crippen molar-refractivity contribution in [3.05, 3.63) is 26.0 Å². The lowest BCUT2D eigenvalue weighted by Crippen LogP contribution is -1.89. The third-order valence-corrected chi connectivity index (χ3v) is 2.22. The molecular weight excluding hydrogens is 309 g/mol. The van der Waals surface area contributed by atoms with Crippen LogP contribution >= 0.6 is 38.5 Å². The summed E-state index contributed by atoms with van der Waals surface area (Å²) in [5, 5.41) is 0. The SMILES string of the molecule is O=Cc1nc(I)ccc1Br. The van der Waals surface area contributed by atoms with Crippen LogP contribution in [0.2, 0.25) is 0 Å². The van der Waals surface area contributed by atoms with Gasteiger partial charge in [-0.15, -0.1) is 0 Å². The van der Waals surface area contributed by atoms with E-state index in [1.54, 1.807) is 6.07 Å². The van der Waals surface area contributed by atoms with Crippen LogP contribution in [0, 0.1) is 3.70 Å². The molecule has 0 amide bonds. The fourth-order valence-corrected chi connectivity index (χ4v) is 1.27. The minimum absolute atomic E-state index is 0.451. The zero-order valence-corrected chi connectivity index (χ0v) is 8.59. The van der Waals surface area contributed by atoms with Gasteiger partial charge in [-0.05, 0) is 50.7 Å². The van der Waals surface area contributed by atoms with Gasteiger partial charge in [-0.1, -0.05) is 0 Å². The summed E-state index contributed by atoms with van der Waals surface area (Å²) in [5.41, 5.74) is 0.451. The number of carbonyl (C=O) groups is 1. The predicted octanol–water partition coefficient (Wildman–Crippen LogP) is 2.26. The Hall–Kier alpha value is 0.0300. The Labute approximate surface area is 80.3 Å². The zero-order chi connectivity index (χ0) is 7.56. The molecule has 52 valence electrons. The lowest BCUT2D eigenvalue weighted by Gasteiger charge is -1.93. The van der Waals surface area contributed by atoms with Gasteiger partial charge in [0, 0.05) is 4.47 Å². The van der Waals surface area contributed by atoms with E-state index in [-0.39, 0.29) is 0 Å². The predicted molar refractivity (Wildman–Crippen MR) is 50.0 cm³/mol. The third-order valence-electron chi connectivity index (χ3n) is 0.951. The van der Waals surface area contributed by atoms with Crippen molar-refractivity contribution in [2.24, 2.45) is 0 Å². The lowest BCUT2D eigenvalue weighted by molar-refractivity contribution is 0.111. The summed E-state index contributed by atoms with van der Waals surface area (Å²) in [7, 11) is 0. The second-order valence-electron chi connectivity index (χ2n) is 1.62. The first kappa shape index (κ1) is 8.13. The normalized spacial score (nSPS) is 9.40. The molecule has 1 aromatic heterocycles. The fraction of sp³-hybridized carbons (Fsp3) is 0. The van der Waals surface area contributed by atoms with E-state index < -0.39 is 0 Å². The van der Waals surface area contributed by atoms with E-state index >= 15 is 0 Å². The van der Waals surface area contributed by atoms with Gasteiger partial charge in [-0.25, -0.2) is 4.98 Å². The highest BCUT2D eigenvalue weighted by atomic mass is 127. The minimum Gasteiger partial charge on any atom is -0.296 e. The van der Waals surface area contributed by atoms with Crippen LogP contribution in [0.5, 0.6) is 0 Å². The van der Waals surface area contributed by atoms with Crippen molar-refractivity contribution < 1.29 is 4.79 Å². The zero-order valence-electron chi connectivity index (χ0n) is 4.84. The number of pyridine rings is 1. The second-order valence-corrected chi connectivity index (χ2v) is 3.58. The highest BCUT2D eigenvalue weighted by Gasteiger charge is 1.98. The van der Waals surface area contributed by atoms with Crippen LogP contribution in [0.25, 0.3) is 0 Å². The average molecular weight is 312 g/mol. The van der Waals surface area contributed by atoms with E-state index in [4.69, 9.17) is 0 Å². The summed E-state index contributed by atoms with van der Waals surface area (Å²) in [5.74, 6) is 0. The fourth-order valence-electron chi connectivity index (χ4n) is 0.516. The van der Waals surface area contributed by atoms with Crippen LogP contribution in [-0.2, 0) is 0 Å². The molecule has 0 saturated carbocycles. The molecular formula is C6H3BrINO. The van der Waals surface area contributed by atoms with E-state index in [0.29, 0.717) is 5.69 Å². The summed E-state index contributed by atoms with van der Waals surface area (Å²) in [6, 6.07) is 3.64. The van der Waals surface area contributed by atoms with Gasteiger partial charge in [-0.2, -0.15) is 0 Å². The summed E-state index contributed by atoms with van der Waals surface area (Å²) in [6.45, 7) is 0. The van der Waals surface area contributed by atoms with Crippen LogP contribution < -0.4 is 0 Å². The molecule has 0 atom stereocenters. The van der Waals surface area contributed by atoms with Gasteiger partial charge in [-0.3, -0.25) is 4.79 Å². The van der Waals surface area contributed by atoms with Gasteiger partial charge in [0.05, 0.1) is 0 Å². The van der Waals surface area contributed by atoms with Crippen molar-refractivity contribution in [1.82, 2.24) is 4.98 Å². The van der Waals surface area contributed by atoms with Crippen LogP contribution in [0.1, 0.15) is 10.5 Å². The number of hydrogen-bond donors (Lipinski definition) is 0. The Kier molecular flexibility index (Phi) is 2.79. The van der Waals surface area contributed by atoms with Crippen molar-refractivity contribution in [2.45, 2.75) is 0 Å². The maximum Gasteiger partial charge on any atom is 0.169 e. The van der Waals surface area contributed by atoms with Crippen molar-refractivity contribution in [2.75, 3.05) is 0 Å². The number of hydrogen-bond acceptors (Lipinski definition) is 2. The molecule has 4 heteroatoms. The van der Waals surface area contributed by atoms with E-state index in [9.17, 15) is 4.79 Å². The number of rotatable bonds is 1. The highest BCUT2D eigenvalue weighted by molar-refractivity contribution is 14.1. The molecule has 0 aliphatic heterocycles. The molecule has 0 spiro atoms. The van der Waals surface area contributed by atoms with Crippen LogP contribution in [0.15, 0.2) is 16.6 Å². The first-order valence-electron chi connectivity index (χ1n) is 2.51.